The molecule has 18 heavy (non-hydrogen) atoms. The maximum absolute atomic E-state index is 12.4. The Hall–Kier alpha value is -1.94. The molecule has 1 N–H and O–H groups in total. The van der Waals surface area contributed by atoms with Crippen LogP contribution in [0, 0.1) is 5.92 Å². The van der Waals surface area contributed by atoms with Gasteiger partial charge in [-0.1, -0.05) is 25.1 Å². The molecule has 92 valence electrons. The number of carbonyl (C=O) groups excluding carboxylic acids is 2. The molecule has 3 rings (SSSR count). The first kappa shape index (κ1) is 11.2. The van der Waals surface area contributed by atoms with Gasteiger partial charge in [-0.25, -0.2) is 0 Å². The fourth-order valence-electron chi connectivity index (χ4n) is 2.63. The number of para-hydroxylation sites is 1. The summed E-state index contributed by atoms with van der Waals surface area (Å²) in [6.45, 7) is 1.73. The lowest BCUT2D eigenvalue weighted by Gasteiger charge is -2.25. The second kappa shape index (κ2) is 3.78. The number of nitrogens with one attached hydrogen (secondary N) is 1. The van der Waals surface area contributed by atoms with Gasteiger partial charge in [0.05, 0.1) is 17.2 Å². The summed E-state index contributed by atoms with van der Waals surface area (Å²) in [7, 11) is 1.46. The predicted octanol–water partition coefficient (Wildman–Crippen LogP) is 2.20. The Labute approximate surface area is 104 Å². The van der Waals surface area contributed by atoms with Gasteiger partial charge in [0.25, 0.3) is 0 Å². The van der Waals surface area contributed by atoms with E-state index in [1.807, 2.05) is 24.3 Å². The van der Waals surface area contributed by atoms with Crippen molar-refractivity contribution < 1.29 is 14.3 Å². The van der Waals surface area contributed by atoms with Gasteiger partial charge in [0.1, 0.15) is 6.10 Å². The van der Waals surface area contributed by atoms with Crippen LogP contribution in [0.2, 0.25) is 0 Å². The highest BCUT2D eigenvalue weighted by Gasteiger charge is 2.41. The number of rotatable bonds is 1. The van der Waals surface area contributed by atoms with Crippen LogP contribution in [0.25, 0.3) is 10.9 Å². The van der Waals surface area contributed by atoms with Crippen LogP contribution >= 0.6 is 0 Å². The average Bonchev–Trinajstić information content (AvgIpc) is 2.76. The molecule has 0 amide bonds. The molecule has 4 nitrogen and oxygen atoms in total. The summed E-state index contributed by atoms with van der Waals surface area (Å²) in [6.07, 6.45) is -0.677. The van der Waals surface area contributed by atoms with Gasteiger partial charge in [-0.2, -0.15) is 0 Å². The molecular weight excluding hydrogens is 230 g/mol. The minimum atomic E-state index is -0.677. The molecule has 0 radical (unpaired) electrons. The molecule has 0 aliphatic heterocycles. The Kier molecular flexibility index (Phi) is 2.35. The van der Waals surface area contributed by atoms with Crippen molar-refractivity contribution in [1.82, 2.24) is 4.98 Å². The van der Waals surface area contributed by atoms with Crippen LogP contribution in [0.3, 0.4) is 0 Å². The van der Waals surface area contributed by atoms with Crippen LogP contribution in [0.15, 0.2) is 24.3 Å². The van der Waals surface area contributed by atoms with E-state index >= 15 is 0 Å². The molecule has 1 aliphatic rings. The van der Waals surface area contributed by atoms with Crippen molar-refractivity contribution in [1.29, 1.82) is 0 Å². The third kappa shape index (κ3) is 1.29. The summed E-state index contributed by atoms with van der Waals surface area (Å²) >= 11 is 0. The molecule has 1 heterocycles. The van der Waals surface area contributed by atoms with Gasteiger partial charge >= 0.3 is 0 Å². The first-order valence-electron chi connectivity index (χ1n) is 5.87. The quantitative estimate of drug-likeness (QED) is 0.835. The van der Waals surface area contributed by atoms with Crippen LogP contribution < -0.4 is 0 Å². The lowest BCUT2D eigenvalue weighted by Crippen LogP contribution is -2.40. The molecule has 2 aromatic rings. The molecule has 0 fully saturated rings. The summed E-state index contributed by atoms with van der Waals surface area (Å²) in [6, 6.07) is 7.43. The first-order chi connectivity index (χ1) is 8.65. The SMILES string of the molecule is COC1C(=O)c2c([nH]c3ccccc23)C(=O)C1C. The minimum Gasteiger partial charge on any atom is -0.373 e. The van der Waals surface area contributed by atoms with Crippen molar-refractivity contribution in [3.63, 3.8) is 0 Å². The zero-order chi connectivity index (χ0) is 12.9. The van der Waals surface area contributed by atoms with E-state index in [1.165, 1.54) is 7.11 Å². The third-order valence-electron chi connectivity index (χ3n) is 3.58. The van der Waals surface area contributed by atoms with Crippen molar-refractivity contribution in [3.8, 4) is 0 Å². The molecule has 2 atom stereocenters. The summed E-state index contributed by atoms with van der Waals surface area (Å²) in [5.41, 5.74) is 1.70. The van der Waals surface area contributed by atoms with E-state index in [-0.39, 0.29) is 11.6 Å². The van der Waals surface area contributed by atoms with Gasteiger partial charge in [-0.05, 0) is 6.07 Å². The summed E-state index contributed by atoms with van der Waals surface area (Å²) < 4.78 is 5.18. The fourth-order valence-corrected chi connectivity index (χ4v) is 2.63. The Morgan fingerprint density at radius 1 is 1.17 bits per heavy atom. The highest BCUT2D eigenvalue weighted by molar-refractivity contribution is 6.22. The van der Waals surface area contributed by atoms with E-state index in [4.69, 9.17) is 4.74 Å². The molecule has 1 aromatic carbocycles. The van der Waals surface area contributed by atoms with Crippen LogP contribution in [-0.4, -0.2) is 29.8 Å². The number of aromatic nitrogens is 1. The van der Waals surface area contributed by atoms with Gasteiger partial charge in [0.2, 0.25) is 0 Å². The topological polar surface area (TPSA) is 59.2 Å². The van der Waals surface area contributed by atoms with Crippen molar-refractivity contribution in [2.75, 3.05) is 7.11 Å². The second-order valence-electron chi connectivity index (χ2n) is 4.59. The van der Waals surface area contributed by atoms with E-state index in [0.29, 0.717) is 11.3 Å². The zero-order valence-electron chi connectivity index (χ0n) is 10.2. The Morgan fingerprint density at radius 2 is 1.89 bits per heavy atom. The molecule has 0 bridgehead atoms. The number of aromatic amines is 1. The summed E-state index contributed by atoms with van der Waals surface area (Å²) in [4.78, 5) is 27.7. The lowest BCUT2D eigenvalue weighted by molar-refractivity contribution is 0.0366. The summed E-state index contributed by atoms with van der Waals surface area (Å²) in [5, 5.41) is 0.791. The molecule has 1 aliphatic carbocycles. The monoisotopic (exact) mass is 243 g/mol. The van der Waals surface area contributed by atoms with Crippen LogP contribution in [0.1, 0.15) is 27.8 Å². The van der Waals surface area contributed by atoms with Crippen LogP contribution in [-0.2, 0) is 4.74 Å². The molecule has 0 spiro atoms. The number of H-pyrrole nitrogens is 1. The van der Waals surface area contributed by atoms with Gasteiger partial charge < -0.3 is 9.72 Å². The van der Waals surface area contributed by atoms with Crippen molar-refractivity contribution in [2.45, 2.75) is 13.0 Å². The van der Waals surface area contributed by atoms with Crippen LogP contribution in [0.4, 0.5) is 0 Å². The van der Waals surface area contributed by atoms with Crippen molar-refractivity contribution >= 4 is 22.5 Å². The number of benzene rings is 1. The Morgan fingerprint density at radius 3 is 2.61 bits per heavy atom. The Bertz CT molecular complexity index is 656. The number of Topliss-reactive ketones (excluding diaryl/α,β-unsaturated/α-hetero) is 2. The number of hydrogen-bond acceptors (Lipinski definition) is 3. The predicted molar refractivity (Wildman–Crippen MR) is 66.9 cm³/mol. The number of carbonyl (C=O) groups is 2. The molecular formula is C14H13NO3. The largest absolute Gasteiger partial charge is 0.373 e. The van der Waals surface area contributed by atoms with Crippen molar-refractivity contribution in [3.05, 3.63) is 35.5 Å². The average molecular weight is 243 g/mol. The van der Waals surface area contributed by atoms with Gasteiger partial charge in [-0.3, -0.25) is 9.59 Å². The smallest absolute Gasteiger partial charge is 0.195 e. The normalized spacial score (nSPS) is 23.4. The van der Waals surface area contributed by atoms with E-state index in [2.05, 4.69) is 4.98 Å². The van der Waals surface area contributed by atoms with E-state index in [9.17, 15) is 9.59 Å². The molecule has 4 heteroatoms. The number of hydrogen-bond donors (Lipinski definition) is 1. The first-order valence-corrected chi connectivity index (χ1v) is 5.87. The number of fused-ring (bicyclic) bond motifs is 3. The number of ketones is 2. The van der Waals surface area contributed by atoms with Crippen LogP contribution in [0.5, 0.6) is 0 Å². The maximum atomic E-state index is 12.4. The molecule has 1 aromatic heterocycles. The summed E-state index contributed by atoms with van der Waals surface area (Å²) in [5.74, 6) is -0.618. The standard InChI is InChI=1S/C14H13NO3/c1-7-12(16)11-10(13(17)14(7)18-2)8-5-3-4-6-9(8)15-11/h3-7,14-15H,1-2H3. The molecule has 0 saturated carbocycles. The fraction of sp³-hybridized carbons (Fsp3) is 0.286. The highest BCUT2D eigenvalue weighted by atomic mass is 16.5. The minimum absolute atomic E-state index is 0.0624. The van der Waals surface area contributed by atoms with Gasteiger partial charge in [0.15, 0.2) is 11.6 Å². The number of ether oxygens (including phenoxy) is 1. The van der Waals surface area contributed by atoms with Gasteiger partial charge in [0, 0.05) is 18.0 Å². The van der Waals surface area contributed by atoms with Crippen molar-refractivity contribution in [2.24, 2.45) is 5.92 Å². The third-order valence-corrected chi connectivity index (χ3v) is 3.58. The van der Waals surface area contributed by atoms with E-state index in [0.717, 1.165) is 10.9 Å². The zero-order valence-corrected chi connectivity index (χ0v) is 10.2. The Balaban J connectivity index is 2.32. The second-order valence-corrected chi connectivity index (χ2v) is 4.59. The van der Waals surface area contributed by atoms with E-state index < -0.39 is 12.0 Å². The maximum Gasteiger partial charge on any atom is 0.195 e. The molecule has 0 saturated heterocycles. The van der Waals surface area contributed by atoms with E-state index in [1.54, 1.807) is 6.92 Å². The number of methoxy groups -OCH3 is 1. The molecule has 2 unspecified atom stereocenters. The van der Waals surface area contributed by atoms with Gasteiger partial charge in [-0.15, -0.1) is 0 Å². The lowest BCUT2D eigenvalue weighted by atomic mass is 9.83. The highest BCUT2D eigenvalue weighted by Crippen LogP contribution is 2.32.